The third-order valence-corrected chi connectivity index (χ3v) is 2.61. The SMILES string of the molecule is [C-]#[N+]c1c([N+](=O)[O-])ccc(OCc2ccccc2)c1F. The van der Waals surface area contributed by atoms with Crippen LogP contribution in [-0.4, -0.2) is 4.92 Å². The zero-order chi connectivity index (χ0) is 14.5. The summed E-state index contributed by atoms with van der Waals surface area (Å²) in [5.74, 6) is -1.18. The van der Waals surface area contributed by atoms with Crippen molar-refractivity contribution in [3.05, 3.63) is 75.4 Å². The molecule has 0 spiro atoms. The Labute approximate surface area is 114 Å². The van der Waals surface area contributed by atoms with Crippen LogP contribution in [0.4, 0.5) is 15.8 Å². The van der Waals surface area contributed by atoms with E-state index in [4.69, 9.17) is 11.3 Å². The van der Waals surface area contributed by atoms with Crippen molar-refractivity contribution >= 4 is 11.4 Å². The maximum Gasteiger partial charge on any atom is 0.301 e. The maximum atomic E-state index is 14.0. The molecule has 0 aliphatic heterocycles. The molecule has 2 rings (SSSR count). The highest BCUT2D eigenvalue weighted by molar-refractivity contribution is 5.66. The van der Waals surface area contributed by atoms with Crippen molar-refractivity contribution in [1.82, 2.24) is 0 Å². The van der Waals surface area contributed by atoms with Gasteiger partial charge in [-0.1, -0.05) is 30.3 Å². The van der Waals surface area contributed by atoms with Gasteiger partial charge in [-0.05, 0) is 11.6 Å². The largest absolute Gasteiger partial charge is 0.487 e. The van der Waals surface area contributed by atoms with Gasteiger partial charge in [-0.2, -0.15) is 0 Å². The molecule has 0 radical (unpaired) electrons. The Bertz CT molecular complexity index is 681. The lowest BCUT2D eigenvalue weighted by Gasteiger charge is -2.08. The van der Waals surface area contributed by atoms with Crippen molar-refractivity contribution < 1.29 is 14.1 Å². The number of halogens is 1. The highest BCUT2D eigenvalue weighted by atomic mass is 19.1. The van der Waals surface area contributed by atoms with Gasteiger partial charge in [0.15, 0.2) is 5.82 Å². The fourth-order valence-corrected chi connectivity index (χ4v) is 1.64. The van der Waals surface area contributed by atoms with Gasteiger partial charge in [-0.25, -0.2) is 9.24 Å². The third-order valence-electron chi connectivity index (χ3n) is 2.61. The third kappa shape index (κ3) is 2.72. The van der Waals surface area contributed by atoms with Crippen molar-refractivity contribution in [3.8, 4) is 5.75 Å². The highest BCUT2D eigenvalue weighted by Crippen LogP contribution is 2.36. The molecule has 0 saturated heterocycles. The van der Waals surface area contributed by atoms with Gasteiger partial charge < -0.3 is 4.74 Å². The van der Waals surface area contributed by atoms with E-state index in [1.807, 2.05) is 18.2 Å². The second-order valence-electron chi connectivity index (χ2n) is 3.89. The minimum absolute atomic E-state index is 0.118. The lowest BCUT2D eigenvalue weighted by atomic mass is 10.2. The van der Waals surface area contributed by atoms with E-state index in [0.717, 1.165) is 17.7 Å². The summed E-state index contributed by atoms with van der Waals surface area (Å²) in [5, 5.41) is 10.7. The zero-order valence-corrected chi connectivity index (χ0v) is 10.2. The number of rotatable bonds is 4. The second kappa shape index (κ2) is 5.80. The number of hydrogen-bond acceptors (Lipinski definition) is 3. The smallest absolute Gasteiger partial charge is 0.301 e. The number of nitrogens with zero attached hydrogens (tertiary/aromatic N) is 2. The van der Waals surface area contributed by atoms with E-state index >= 15 is 0 Å². The predicted molar refractivity (Wildman–Crippen MR) is 70.1 cm³/mol. The van der Waals surface area contributed by atoms with E-state index < -0.39 is 22.1 Å². The Morgan fingerprint density at radius 2 is 1.95 bits per heavy atom. The molecule has 5 nitrogen and oxygen atoms in total. The van der Waals surface area contributed by atoms with Gasteiger partial charge in [0.25, 0.3) is 5.69 Å². The molecule has 6 heteroatoms. The Morgan fingerprint density at radius 1 is 1.25 bits per heavy atom. The lowest BCUT2D eigenvalue weighted by Crippen LogP contribution is -1.98. The van der Waals surface area contributed by atoms with Gasteiger partial charge in [0.1, 0.15) is 12.4 Å². The van der Waals surface area contributed by atoms with Crippen LogP contribution in [0.2, 0.25) is 0 Å². The molecule has 0 aliphatic carbocycles. The summed E-state index contributed by atoms with van der Waals surface area (Å²) in [4.78, 5) is 12.7. The summed E-state index contributed by atoms with van der Waals surface area (Å²) in [6.07, 6.45) is 0. The molecule has 0 aliphatic rings. The van der Waals surface area contributed by atoms with Gasteiger partial charge in [-0.3, -0.25) is 10.1 Å². The number of ether oxygens (including phenoxy) is 1. The number of benzene rings is 2. The summed E-state index contributed by atoms with van der Waals surface area (Å²) >= 11 is 0. The van der Waals surface area contributed by atoms with E-state index in [-0.39, 0.29) is 12.4 Å². The molecule has 100 valence electrons. The molecule has 0 aromatic heterocycles. The van der Waals surface area contributed by atoms with Crippen molar-refractivity contribution in [2.75, 3.05) is 0 Å². The van der Waals surface area contributed by atoms with Crippen LogP contribution < -0.4 is 4.74 Å². The maximum absolute atomic E-state index is 14.0. The summed E-state index contributed by atoms with van der Waals surface area (Å²) in [5.41, 5.74) is -0.375. The van der Waals surface area contributed by atoms with Crippen LogP contribution >= 0.6 is 0 Å². The minimum atomic E-state index is -1.01. The van der Waals surface area contributed by atoms with Gasteiger partial charge in [0.2, 0.25) is 0 Å². The standard InChI is InChI=1S/C14H9FN2O3/c1-16-14-11(17(18)19)7-8-12(13(14)15)20-9-10-5-3-2-4-6-10/h2-8H,9H2. The fourth-order valence-electron chi connectivity index (χ4n) is 1.64. The van der Waals surface area contributed by atoms with Crippen molar-refractivity contribution in [2.45, 2.75) is 6.61 Å². The van der Waals surface area contributed by atoms with Crippen LogP contribution in [0.1, 0.15) is 5.56 Å². The van der Waals surface area contributed by atoms with Gasteiger partial charge in [-0.15, -0.1) is 0 Å². The van der Waals surface area contributed by atoms with E-state index in [9.17, 15) is 14.5 Å². The quantitative estimate of drug-likeness (QED) is 0.482. The molecule has 20 heavy (non-hydrogen) atoms. The van der Waals surface area contributed by atoms with Crippen LogP contribution in [0.25, 0.3) is 4.85 Å². The monoisotopic (exact) mass is 272 g/mol. The Hall–Kier alpha value is -2.94. The topological polar surface area (TPSA) is 56.7 Å². The van der Waals surface area contributed by atoms with Crippen LogP contribution in [0.5, 0.6) is 5.75 Å². The highest BCUT2D eigenvalue weighted by Gasteiger charge is 2.22. The molecule has 0 unspecified atom stereocenters. The second-order valence-corrected chi connectivity index (χ2v) is 3.89. The van der Waals surface area contributed by atoms with Crippen LogP contribution in [0.15, 0.2) is 42.5 Å². The fraction of sp³-hybridized carbons (Fsp3) is 0.0714. The molecule has 2 aromatic carbocycles. The Morgan fingerprint density at radius 3 is 2.55 bits per heavy atom. The van der Waals surface area contributed by atoms with Crippen LogP contribution in [-0.2, 0) is 6.61 Å². The molecule has 0 atom stereocenters. The van der Waals surface area contributed by atoms with E-state index in [2.05, 4.69) is 4.85 Å². The molecule has 0 bridgehead atoms. The van der Waals surface area contributed by atoms with E-state index in [0.29, 0.717) is 0 Å². The van der Waals surface area contributed by atoms with Gasteiger partial charge >= 0.3 is 5.69 Å². The van der Waals surface area contributed by atoms with Crippen LogP contribution in [0, 0.1) is 22.5 Å². The molecule has 0 fully saturated rings. The summed E-state index contributed by atoms with van der Waals surface area (Å²) in [6, 6.07) is 11.3. The first-order valence-corrected chi connectivity index (χ1v) is 5.64. The molecule has 0 saturated carbocycles. The minimum Gasteiger partial charge on any atom is -0.487 e. The average molecular weight is 272 g/mol. The number of nitro groups is 1. The first-order valence-electron chi connectivity index (χ1n) is 5.64. The van der Waals surface area contributed by atoms with E-state index in [1.54, 1.807) is 12.1 Å². The summed E-state index contributed by atoms with van der Waals surface area (Å²) in [6.45, 7) is 6.95. The normalized spacial score (nSPS) is 9.80. The van der Waals surface area contributed by atoms with E-state index in [1.165, 1.54) is 0 Å². The Balaban J connectivity index is 2.26. The van der Waals surface area contributed by atoms with Gasteiger partial charge in [0, 0.05) is 6.07 Å². The van der Waals surface area contributed by atoms with Gasteiger partial charge in [0.05, 0.1) is 11.5 Å². The number of hydrogen-bond donors (Lipinski definition) is 0. The van der Waals surface area contributed by atoms with Crippen molar-refractivity contribution in [2.24, 2.45) is 0 Å². The first kappa shape index (κ1) is 13.5. The summed E-state index contributed by atoms with van der Waals surface area (Å²) in [7, 11) is 0. The molecule has 0 heterocycles. The van der Waals surface area contributed by atoms with Crippen LogP contribution in [0.3, 0.4) is 0 Å². The lowest BCUT2D eigenvalue weighted by molar-refractivity contribution is -0.384. The first-order chi connectivity index (χ1) is 9.63. The predicted octanol–water partition coefficient (Wildman–Crippen LogP) is 3.86. The molecule has 0 amide bonds. The molecular weight excluding hydrogens is 263 g/mol. The van der Waals surface area contributed by atoms with Crippen molar-refractivity contribution in [1.29, 1.82) is 0 Å². The molecule has 2 aromatic rings. The molecule has 0 N–H and O–H groups in total. The zero-order valence-electron chi connectivity index (χ0n) is 10.2. The molecular formula is C14H9FN2O3. The Kier molecular flexibility index (Phi) is 3.91. The number of nitro benzene ring substituents is 1. The summed E-state index contributed by atoms with van der Waals surface area (Å²) < 4.78 is 19.2. The van der Waals surface area contributed by atoms with Crippen molar-refractivity contribution in [3.63, 3.8) is 0 Å². The average Bonchev–Trinajstić information content (AvgIpc) is 2.46.